The molecule has 0 fully saturated rings. The summed E-state index contributed by atoms with van der Waals surface area (Å²) in [6.07, 6.45) is 5.80. The lowest BCUT2D eigenvalue weighted by Gasteiger charge is -2.18. The zero-order chi connectivity index (χ0) is 14.3. The van der Waals surface area contributed by atoms with Gasteiger partial charge in [0.25, 0.3) is 0 Å². The van der Waals surface area contributed by atoms with Crippen LogP contribution < -0.4 is 5.73 Å². The Morgan fingerprint density at radius 2 is 1.90 bits per heavy atom. The molecule has 0 unspecified atom stereocenters. The summed E-state index contributed by atoms with van der Waals surface area (Å²) in [4.78, 5) is 4.26. The Kier molecular flexibility index (Phi) is 3.02. The summed E-state index contributed by atoms with van der Waals surface area (Å²) >= 11 is 0. The molecule has 0 aliphatic rings. The lowest BCUT2D eigenvalue weighted by atomic mass is 9.96. The third-order valence-electron chi connectivity index (χ3n) is 3.93. The first-order valence-electron chi connectivity index (χ1n) is 7.06. The third-order valence-corrected chi connectivity index (χ3v) is 3.93. The minimum absolute atomic E-state index is 0.116. The molecule has 0 aliphatic heterocycles. The summed E-state index contributed by atoms with van der Waals surface area (Å²) in [6.45, 7) is 4.15. The maximum absolute atomic E-state index is 6.08. The molecule has 2 aromatic heterocycles. The molecule has 2 N–H and O–H groups in total. The van der Waals surface area contributed by atoms with Crippen LogP contribution in [0.5, 0.6) is 0 Å². The van der Waals surface area contributed by atoms with E-state index in [0.29, 0.717) is 0 Å². The van der Waals surface area contributed by atoms with Gasteiger partial charge in [0.2, 0.25) is 0 Å². The van der Waals surface area contributed by atoms with E-state index in [2.05, 4.69) is 54.7 Å². The molecule has 0 atom stereocenters. The van der Waals surface area contributed by atoms with Gasteiger partial charge in [0.05, 0.1) is 5.52 Å². The van der Waals surface area contributed by atoms with E-state index in [9.17, 15) is 0 Å². The van der Waals surface area contributed by atoms with Gasteiger partial charge < -0.3 is 10.3 Å². The van der Waals surface area contributed by atoms with Crippen LogP contribution >= 0.6 is 0 Å². The van der Waals surface area contributed by atoms with Crippen LogP contribution in [0.4, 0.5) is 0 Å². The summed E-state index contributed by atoms with van der Waals surface area (Å²) in [5.74, 6) is 0. The van der Waals surface area contributed by atoms with Crippen molar-refractivity contribution < 1.29 is 0 Å². The maximum atomic E-state index is 6.08. The van der Waals surface area contributed by atoms with Gasteiger partial charge in [0.1, 0.15) is 0 Å². The standard InChI is InChI=1S/C17H21N3/c1-17(2,18)8-6-12-4-5-15-13(10-12)14-11-19-9-7-16(14)20(15)3/h4-5,7,9-11H,6,8,18H2,1-3H3. The van der Waals surface area contributed by atoms with Crippen molar-refractivity contribution in [3.05, 3.63) is 42.2 Å². The normalized spacial score (nSPS) is 12.4. The fourth-order valence-electron chi connectivity index (χ4n) is 2.73. The Balaban J connectivity index is 2.09. The maximum Gasteiger partial charge on any atom is 0.0519 e. The number of benzene rings is 1. The minimum atomic E-state index is -0.116. The summed E-state index contributed by atoms with van der Waals surface area (Å²) in [5, 5.41) is 2.50. The van der Waals surface area contributed by atoms with Crippen LogP contribution in [0.3, 0.4) is 0 Å². The summed E-state index contributed by atoms with van der Waals surface area (Å²) in [5.41, 5.74) is 9.78. The fourth-order valence-corrected chi connectivity index (χ4v) is 2.73. The van der Waals surface area contributed by atoms with E-state index in [1.54, 1.807) is 0 Å². The second-order valence-electron chi connectivity index (χ2n) is 6.29. The second kappa shape index (κ2) is 4.60. The first kappa shape index (κ1) is 13.1. The zero-order valence-corrected chi connectivity index (χ0v) is 12.4. The highest BCUT2D eigenvalue weighted by Gasteiger charge is 2.12. The van der Waals surface area contributed by atoms with Crippen molar-refractivity contribution in [1.82, 2.24) is 9.55 Å². The number of aryl methyl sites for hydroxylation is 2. The van der Waals surface area contributed by atoms with E-state index < -0.39 is 0 Å². The van der Waals surface area contributed by atoms with E-state index in [1.165, 1.54) is 27.4 Å². The van der Waals surface area contributed by atoms with Gasteiger partial charge in [-0.1, -0.05) is 6.07 Å². The molecule has 0 bridgehead atoms. The number of aromatic nitrogens is 2. The number of nitrogens with two attached hydrogens (primary N) is 1. The summed E-state index contributed by atoms with van der Waals surface area (Å²) in [6, 6.07) is 8.76. The van der Waals surface area contributed by atoms with Crippen LogP contribution in [0.25, 0.3) is 21.8 Å². The number of hydrogen-bond donors (Lipinski definition) is 1. The highest BCUT2D eigenvalue weighted by atomic mass is 14.9. The molecule has 0 amide bonds. The second-order valence-corrected chi connectivity index (χ2v) is 6.29. The average molecular weight is 267 g/mol. The monoisotopic (exact) mass is 267 g/mol. The van der Waals surface area contributed by atoms with Crippen LogP contribution in [0.2, 0.25) is 0 Å². The third kappa shape index (κ3) is 2.29. The number of pyridine rings is 1. The van der Waals surface area contributed by atoms with Gasteiger partial charge in [-0.15, -0.1) is 0 Å². The quantitative estimate of drug-likeness (QED) is 0.790. The van der Waals surface area contributed by atoms with E-state index in [0.717, 1.165) is 12.8 Å². The van der Waals surface area contributed by atoms with Gasteiger partial charge >= 0.3 is 0 Å². The predicted molar refractivity (Wildman–Crippen MR) is 84.8 cm³/mol. The molecule has 3 aromatic rings. The van der Waals surface area contributed by atoms with Gasteiger partial charge in [-0.3, -0.25) is 4.98 Å². The number of rotatable bonds is 3. The predicted octanol–water partition coefficient (Wildman–Crippen LogP) is 3.40. The first-order valence-corrected chi connectivity index (χ1v) is 7.06. The molecule has 104 valence electrons. The lowest BCUT2D eigenvalue weighted by molar-refractivity contribution is 0.477. The molecule has 3 heteroatoms. The van der Waals surface area contributed by atoms with Crippen molar-refractivity contribution in [3.63, 3.8) is 0 Å². The highest BCUT2D eigenvalue weighted by Crippen LogP contribution is 2.28. The van der Waals surface area contributed by atoms with Gasteiger partial charge in [0.15, 0.2) is 0 Å². The highest BCUT2D eigenvalue weighted by molar-refractivity contribution is 6.07. The van der Waals surface area contributed by atoms with Crippen LogP contribution in [0, 0.1) is 0 Å². The van der Waals surface area contributed by atoms with Crippen LogP contribution in [0.15, 0.2) is 36.7 Å². The molecular formula is C17H21N3. The van der Waals surface area contributed by atoms with Gasteiger partial charge in [-0.2, -0.15) is 0 Å². The molecule has 0 radical (unpaired) electrons. The van der Waals surface area contributed by atoms with Crippen molar-refractivity contribution >= 4 is 21.8 Å². The topological polar surface area (TPSA) is 43.8 Å². The molecule has 0 spiro atoms. The number of nitrogens with zero attached hydrogens (tertiary/aromatic N) is 2. The Labute approximate surface area is 119 Å². The lowest BCUT2D eigenvalue weighted by Crippen LogP contribution is -2.32. The smallest absolute Gasteiger partial charge is 0.0519 e. The van der Waals surface area contributed by atoms with Gasteiger partial charge in [-0.05, 0) is 50.5 Å². The van der Waals surface area contributed by atoms with E-state index in [-0.39, 0.29) is 5.54 Å². The molecule has 0 saturated carbocycles. The summed E-state index contributed by atoms with van der Waals surface area (Å²) < 4.78 is 2.23. The van der Waals surface area contributed by atoms with Crippen molar-refractivity contribution in [2.45, 2.75) is 32.2 Å². The van der Waals surface area contributed by atoms with E-state index >= 15 is 0 Å². The Morgan fingerprint density at radius 3 is 2.65 bits per heavy atom. The molecule has 0 aliphatic carbocycles. The average Bonchev–Trinajstić information content (AvgIpc) is 2.70. The van der Waals surface area contributed by atoms with Crippen LogP contribution in [-0.2, 0) is 13.5 Å². The van der Waals surface area contributed by atoms with Crippen molar-refractivity contribution in [3.8, 4) is 0 Å². The van der Waals surface area contributed by atoms with Crippen molar-refractivity contribution in [2.24, 2.45) is 12.8 Å². The van der Waals surface area contributed by atoms with Crippen LogP contribution in [-0.4, -0.2) is 15.1 Å². The first-order chi connectivity index (χ1) is 9.46. The molecule has 3 nitrogen and oxygen atoms in total. The number of hydrogen-bond acceptors (Lipinski definition) is 2. The summed E-state index contributed by atoms with van der Waals surface area (Å²) in [7, 11) is 2.10. The zero-order valence-electron chi connectivity index (χ0n) is 12.4. The molecule has 1 aromatic carbocycles. The molecule has 2 heterocycles. The van der Waals surface area contributed by atoms with Crippen molar-refractivity contribution in [1.29, 1.82) is 0 Å². The van der Waals surface area contributed by atoms with Crippen LogP contribution in [0.1, 0.15) is 25.8 Å². The molecular weight excluding hydrogens is 246 g/mol. The Hall–Kier alpha value is -1.87. The molecule has 3 rings (SSSR count). The van der Waals surface area contributed by atoms with Gasteiger partial charge in [0, 0.05) is 41.3 Å². The fraction of sp³-hybridized carbons (Fsp3) is 0.353. The largest absolute Gasteiger partial charge is 0.344 e. The Bertz CT molecular complexity index is 763. The van der Waals surface area contributed by atoms with Crippen molar-refractivity contribution in [2.75, 3.05) is 0 Å². The SMILES string of the molecule is Cn1c2ccncc2c2cc(CCC(C)(C)N)ccc21. The van der Waals surface area contributed by atoms with Gasteiger partial charge in [-0.25, -0.2) is 0 Å². The van der Waals surface area contributed by atoms with E-state index in [4.69, 9.17) is 5.73 Å². The molecule has 0 saturated heterocycles. The Morgan fingerprint density at radius 1 is 1.15 bits per heavy atom. The molecule has 20 heavy (non-hydrogen) atoms. The minimum Gasteiger partial charge on any atom is -0.344 e. The number of fused-ring (bicyclic) bond motifs is 3. The van der Waals surface area contributed by atoms with E-state index in [1.807, 2.05) is 12.4 Å².